The standard InChI is InChI=1S/C9H8IN3OS/c1-5-11-12-9(13(5)2)7(14)8-6(10)3-4-15-8/h3-4H,1-2H3. The predicted molar refractivity (Wildman–Crippen MR) is 66.2 cm³/mol. The molecule has 0 amide bonds. The number of halogens is 1. The topological polar surface area (TPSA) is 47.8 Å². The molecule has 0 fully saturated rings. The van der Waals surface area contributed by atoms with Crippen LogP contribution in [0.4, 0.5) is 0 Å². The van der Waals surface area contributed by atoms with Gasteiger partial charge in [-0.05, 0) is 41.0 Å². The van der Waals surface area contributed by atoms with Gasteiger partial charge in [0.25, 0.3) is 0 Å². The van der Waals surface area contributed by atoms with Gasteiger partial charge in [0.1, 0.15) is 5.82 Å². The van der Waals surface area contributed by atoms with Gasteiger partial charge in [-0.1, -0.05) is 0 Å². The third-order valence-electron chi connectivity index (χ3n) is 2.12. The van der Waals surface area contributed by atoms with Gasteiger partial charge in [0.05, 0.1) is 4.88 Å². The second kappa shape index (κ2) is 4.01. The molecule has 0 N–H and O–H groups in total. The van der Waals surface area contributed by atoms with Crippen molar-refractivity contribution in [2.45, 2.75) is 6.92 Å². The average Bonchev–Trinajstić information content (AvgIpc) is 2.75. The summed E-state index contributed by atoms with van der Waals surface area (Å²) >= 11 is 3.58. The molecule has 6 heteroatoms. The van der Waals surface area contributed by atoms with Crippen LogP contribution < -0.4 is 0 Å². The number of aryl methyl sites for hydroxylation is 1. The van der Waals surface area contributed by atoms with E-state index in [4.69, 9.17) is 0 Å². The maximum Gasteiger partial charge on any atom is 0.241 e. The van der Waals surface area contributed by atoms with E-state index < -0.39 is 0 Å². The third kappa shape index (κ3) is 1.83. The SMILES string of the molecule is Cc1nnc(C(=O)c2sccc2I)n1C. The smallest absolute Gasteiger partial charge is 0.241 e. The summed E-state index contributed by atoms with van der Waals surface area (Å²) in [6.45, 7) is 1.82. The lowest BCUT2D eigenvalue weighted by atomic mass is 10.3. The lowest BCUT2D eigenvalue weighted by molar-refractivity contribution is 0.102. The van der Waals surface area contributed by atoms with E-state index in [1.165, 1.54) is 11.3 Å². The van der Waals surface area contributed by atoms with Gasteiger partial charge in [-0.3, -0.25) is 4.79 Å². The Bertz CT molecular complexity index is 517. The van der Waals surface area contributed by atoms with Gasteiger partial charge >= 0.3 is 0 Å². The number of ketones is 1. The second-order valence-corrected chi connectivity index (χ2v) is 5.13. The minimum absolute atomic E-state index is 0.0579. The zero-order valence-electron chi connectivity index (χ0n) is 8.19. The number of carbonyl (C=O) groups excluding carboxylic acids is 1. The minimum atomic E-state index is -0.0579. The van der Waals surface area contributed by atoms with Crippen LogP contribution in [0, 0.1) is 10.5 Å². The monoisotopic (exact) mass is 333 g/mol. The van der Waals surface area contributed by atoms with Gasteiger partial charge in [0.2, 0.25) is 11.6 Å². The van der Waals surface area contributed by atoms with Crippen molar-refractivity contribution in [1.29, 1.82) is 0 Å². The molecule has 0 atom stereocenters. The summed E-state index contributed by atoms with van der Waals surface area (Å²) in [7, 11) is 1.79. The Hall–Kier alpha value is -0.760. The molecule has 0 bridgehead atoms. The summed E-state index contributed by atoms with van der Waals surface area (Å²) in [5, 5.41) is 9.65. The first-order valence-electron chi connectivity index (χ1n) is 4.25. The molecule has 78 valence electrons. The molecular weight excluding hydrogens is 325 g/mol. The lowest BCUT2D eigenvalue weighted by Crippen LogP contribution is -2.09. The number of hydrogen-bond donors (Lipinski definition) is 0. The van der Waals surface area contributed by atoms with Crippen molar-refractivity contribution in [3.05, 3.63) is 31.5 Å². The van der Waals surface area contributed by atoms with E-state index in [2.05, 4.69) is 32.8 Å². The van der Waals surface area contributed by atoms with Crippen molar-refractivity contribution >= 4 is 39.7 Å². The van der Waals surface area contributed by atoms with Crippen LogP contribution in [0.3, 0.4) is 0 Å². The zero-order chi connectivity index (χ0) is 11.0. The fourth-order valence-corrected chi connectivity index (χ4v) is 2.93. The van der Waals surface area contributed by atoms with E-state index in [9.17, 15) is 4.79 Å². The summed E-state index contributed by atoms with van der Waals surface area (Å²) < 4.78 is 2.67. The normalized spacial score (nSPS) is 10.6. The van der Waals surface area contributed by atoms with Crippen molar-refractivity contribution in [2.24, 2.45) is 7.05 Å². The number of aromatic nitrogens is 3. The second-order valence-electron chi connectivity index (χ2n) is 3.06. The van der Waals surface area contributed by atoms with Crippen LogP contribution in [0.2, 0.25) is 0 Å². The Morgan fingerprint density at radius 3 is 2.73 bits per heavy atom. The van der Waals surface area contributed by atoms with E-state index in [0.717, 1.165) is 14.3 Å². The summed E-state index contributed by atoms with van der Waals surface area (Å²) in [4.78, 5) is 12.8. The van der Waals surface area contributed by atoms with Crippen molar-refractivity contribution in [2.75, 3.05) is 0 Å². The number of carbonyl (C=O) groups is 1. The fraction of sp³-hybridized carbons (Fsp3) is 0.222. The molecule has 2 aromatic heterocycles. The van der Waals surface area contributed by atoms with Crippen LogP contribution in [-0.2, 0) is 7.05 Å². The van der Waals surface area contributed by atoms with Gasteiger partial charge in [-0.15, -0.1) is 21.5 Å². The van der Waals surface area contributed by atoms with E-state index in [-0.39, 0.29) is 5.78 Å². The minimum Gasteiger partial charge on any atom is -0.312 e. The van der Waals surface area contributed by atoms with Gasteiger partial charge in [0.15, 0.2) is 0 Å². The first-order valence-corrected chi connectivity index (χ1v) is 6.20. The van der Waals surface area contributed by atoms with E-state index in [1.807, 2.05) is 18.4 Å². The van der Waals surface area contributed by atoms with Crippen LogP contribution in [0.15, 0.2) is 11.4 Å². The Balaban J connectivity index is 2.46. The number of nitrogens with zero attached hydrogens (tertiary/aromatic N) is 3. The maximum absolute atomic E-state index is 12.0. The van der Waals surface area contributed by atoms with Crippen molar-refractivity contribution in [3.8, 4) is 0 Å². The molecule has 2 rings (SSSR count). The maximum atomic E-state index is 12.0. The molecule has 0 spiro atoms. The fourth-order valence-electron chi connectivity index (χ4n) is 1.16. The highest BCUT2D eigenvalue weighted by Gasteiger charge is 2.19. The molecule has 2 aromatic rings. The number of hydrogen-bond acceptors (Lipinski definition) is 4. The molecule has 15 heavy (non-hydrogen) atoms. The van der Waals surface area contributed by atoms with E-state index in [1.54, 1.807) is 11.6 Å². The molecule has 0 saturated heterocycles. The molecule has 0 aliphatic rings. The average molecular weight is 333 g/mol. The third-order valence-corrected chi connectivity index (χ3v) is 4.30. The van der Waals surface area contributed by atoms with Crippen LogP contribution >= 0.6 is 33.9 Å². The van der Waals surface area contributed by atoms with E-state index >= 15 is 0 Å². The lowest BCUT2D eigenvalue weighted by Gasteiger charge is -1.99. The Morgan fingerprint density at radius 1 is 1.53 bits per heavy atom. The summed E-state index contributed by atoms with van der Waals surface area (Å²) in [5.41, 5.74) is 0. The highest BCUT2D eigenvalue weighted by atomic mass is 127. The molecule has 0 aromatic carbocycles. The van der Waals surface area contributed by atoms with Gasteiger partial charge < -0.3 is 4.57 Å². The van der Waals surface area contributed by atoms with Crippen LogP contribution in [0.5, 0.6) is 0 Å². The first-order chi connectivity index (χ1) is 7.11. The van der Waals surface area contributed by atoms with Gasteiger partial charge in [-0.2, -0.15) is 0 Å². The molecule has 0 saturated carbocycles. The Morgan fingerprint density at radius 2 is 2.27 bits per heavy atom. The summed E-state index contributed by atoms with van der Waals surface area (Å²) in [6, 6.07) is 1.92. The van der Waals surface area contributed by atoms with Gasteiger partial charge in [-0.25, -0.2) is 0 Å². The zero-order valence-corrected chi connectivity index (χ0v) is 11.2. The summed E-state index contributed by atoms with van der Waals surface area (Å²) in [5.74, 6) is 1.08. The largest absolute Gasteiger partial charge is 0.312 e. The van der Waals surface area contributed by atoms with Crippen LogP contribution in [-0.4, -0.2) is 20.5 Å². The first kappa shape index (κ1) is 10.7. The predicted octanol–water partition coefficient (Wildman–Crippen LogP) is 2.02. The quantitative estimate of drug-likeness (QED) is 0.624. The molecule has 2 heterocycles. The molecule has 0 unspecified atom stereocenters. The molecule has 0 aliphatic heterocycles. The number of rotatable bonds is 2. The highest BCUT2D eigenvalue weighted by molar-refractivity contribution is 14.1. The Labute approximate surface area is 104 Å². The molecular formula is C9H8IN3OS. The summed E-state index contributed by atoms with van der Waals surface area (Å²) in [6.07, 6.45) is 0. The Kier molecular flexibility index (Phi) is 2.87. The highest BCUT2D eigenvalue weighted by Crippen LogP contribution is 2.21. The van der Waals surface area contributed by atoms with Crippen molar-refractivity contribution < 1.29 is 4.79 Å². The van der Waals surface area contributed by atoms with E-state index in [0.29, 0.717) is 5.82 Å². The number of thiophene rings is 1. The van der Waals surface area contributed by atoms with Gasteiger partial charge in [0, 0.05) is 10.6 Å². The van der Waals surface area contributed by atoms with Crippen molar-refractivity contribution in [3.63, 3.8) is 0 Å². The van der Waals surface area contributed by atoms with Crippen LogP contribution in [0.1, 0.15) is 21.3 Å². The van der Waals surface area contributed by atoms with Crippen molar-refractivity contribution in [1.82, 2.24) is 14.8 Å². The molecule has 4 nitrogen and oxygen atoms in total. The molecule has 0 aliphatic carbocycles. The van der Waals surface area contributed by atoms with Crippen LogP contribution in [0.25, 0.3) is 0 Å². The molecule has 0 radical (unpaired) electrons.